The van der Waals surface area contributed by atoms with Crippen molar-refractivity contribution in [1.29, 1.82) is 0 Å². The average molecular weight is 275 g/mol. The maximum atomic E-state index is 11.2. The van der Waals surface area contributed by atoms with Crippen molar-refractivity contribution in [3.05, 3.63) is 29.8 Å². The number of likely N-dealkylation sites (tertiary alicyclic amines) is 1. The van der Waals surface area contributed by atoms with Gasteiger partial charge in [-0.25, -0.2) is 0 Å². The van der Waals surface area contributed by atoms with Crippen molar-refractivity contribution < 1.29 is 4.79 Å². The number of hydrogen-bond donors (Lipinski definition) is 2. The molecule has 1 amide bonds. The van der Waals surface area contributed by atoms with E-state index in [4.69, 9.17) is 5.73 Å². The molecule has 0 aliphatic carbocycles. The standard InChI is InChI=1S/C16H25N3O/c1-3-19-9-5-7-14(11-19)12(2)18-15-8-4-6-13(10-15)16(17)20/h4,6,8,10,12,14,18H,3,5,7,9,11H2,1-2H3,(H2,17,20). The second-order valence-electron chi connectivity index (χ2n) is 5.67. The lowest BCUT2D eigenvalue weighted by Gasteiger charge is -2.35. The molecule has 1 fully saturated rings. The largest absolute Gasteiger partial charge is 0.382 e. The highest BCUT2D eigenvalue weighted by molar-refractivity contribution is 5.93. The molecule has 0 radical (unpaired) electrons. The van der Waals surface area contributed by atoms with E-state index in [1.165, 1.54) is 19.4 Å². The van der Waals surface area contributed by atoms with Gasteiger partial charge in [-0.1, -0.05) is 13.0 Å². The maximum Gasteiger partial charge on any atom is 0.248 e. The summed E-state index contributed by atoms with van der Waals surface area (Å²) < 4.78 is 0. The molecule has 2 unspecified atom stereocenters. The third kappa shape index (κ3) is 3.73. The van der Waals surface area contributed by atoms with Crippen LogP contribution in [0.1, 0.15) is 37.0 Å². The third-order valence-electron chi connectivity index (χ3n) is 4.24. The summed E-state index contributed by atoms with van der Waals surface area (Å²) in [4.78, 5) is 13.7. The number of amides is 1. The van der Waals surface area contributed by atoms with E-state index in [1.807, 2.05) is 18.2 Å². The van der Waals surface area contributed by atoms with Gasteiger partial charge in [0.25, 0.3) is 0 Å². The molecule has 1 aromatic rings. The van der Waals surface area contributed by atoms with Gasteiger partial charge in [0.1, 0.15) is 0 Å². The van der Waals surface area contributed by atoms with Gasteiger partial charge in [-0.05, 0) is 57.0 Å². The lowest BCUT2D eigenvalue weighted by atomic mass is 9.91. The van der Waals surface area contributed by atoms with Gasteiger partial charge in [0, 0.05) is 23.8 Å². The summed E-state index contributed by atoms with van der Waals surface area (Å²) in [6, 6.07) is 7.83. The molecule has 1 heterocycles. The van der Waals surface area contributed by atoms with Crippen molar-refractivity contribution in [3.63, 3.8) is 0 Å². The molecular weight excluding hydrogens is 250 g/mol. The van der Waals surface area contributed by atoms with Crippen LogP contribution in [0.25, 0.3) is 0 Å². The van der Waals surface area contributed by atoms with Crippen LogP contribution in [0, 0.1) is 5.92 Å². The number of carbonyl (C=O) groups excluding carboxylic acids is 1. The van der Waals surface area contributed by atoms with E-state index in [2.05, 4.69) is 24.1 Å². The summed E-state index contributed by atoms with van der Waals surface area (Å²) in [5.74, 6) is 0.275. The number of benzene rings is 1. The van der Waals surface area contributed by atoms with Crippen LogP contribution in [0.2, 0.25) is 0 Å². The molecule has 110 valence electrons. The van der Waals surface area contributed by atoms with E-state index >= 15 is 0 Å². The third-order valence-corrected chi connectivity index (χ3v) is 4.24. The number of nitrogens with zero attached hydrogens (tertiary/aromatic N) is 1. The fourth-order valence-electron chi connectivity index (χ4n) is 2.93. The molecule has 0 aromatic heterocycles. The van der Waals surface area contributed by atoms with Gasteiger partial charge in [-0.15, -0.1) is 0 Å². The van der Waals surface area contributed by atoms with Crippen LogP contribution in [-0.4, -0.2) is 36.5 Å². The summed E-state index contributed by atoms with van der Waals surface area (Å²) in [7, 11) is 0. The molecule has 20 heavy (non-hydrogen) atoms. The molecular formula is C16H25N3O. The SMILES string of the molecule is CCN1CCCC(C(C)Nc2cccc(C(N)=O)c2)C1. The van der Waals surface area contributed by atoms with Crippen molar-refractivity contribution in [3.8, 4) is 0 Å². The zero-order valence-corrected chi connectivity index (χ0v) is 12.4. The van der Waals surface area contributed by atoms with Crippen LogP contribution >= 0.6 is 0 Å². The van der Waals surface area contributed by atoms with Crippen molar-refractivity contribution >= 4 is 11.6 Å². The van der Waals surface area contributed by atoms with Crippen molar-refractivity contribution in [2.75, 3.05) is 25.0 Å². The Labute approximate surface area is 121 Å². The van der Waals surface area contributed by atoms with E-state index < -0.39 is 0 Å². The van der Waals surface area contributed by atoms with Crippen LogP contribution in [0.5, 0.6) is 0 Å². The molecule has 3 N–H and O–H groups in total. The van der Waals surface area contributed by atoms with E-state index in [9.17, 15) is 4.79 Å². The zero-order chi connectivity index (χ0) is 14.5. The summed E-state index contributed by atoms with van der Waals surface area (Å²) in [5.41, 5.74) is 6.85. The van der Waals surface area contributed by atoms with E-state index in [-0.39, 0.29) is 5.91 Å². The molecule has 0 spiro atoms. The average Bonchev–Trinajstić information content (AvgIpc) is 2.47. The number of carbonyl (C=O) groups is 1. The molecule has 1 aliphatic rings. The number of nitrogens with one attached hydrogen (secondary N) is 1. The predicted octanol–water partition coefficient (Wildman–Crippen LogP) is 2.32. The van der Waals surface area contributed by atoms with E-state index in [0.717, 1.165) is 18.8 Å². The Bertz CT molecular complexity index is 461. The van der Waals surface area contributed by atoms with Crippen LogP contribution in [0.3, 0.4) is 0 Å². The first-order valence-electron chi connectivity index (χ1n) is 7.49. The second kappa shape index (κ2) is 6.75. The fourth-order valence-corrected chi connectivity index (χ4v) is 2.93. The summed E-state index contributed by atoms with van der Waals surface area (Å²) >= 11 is 0. The van der Waals surface area contributed by atoms with Crippen molar-refractivity contribution in [2.45, 2.75) is 32.7 Å². The Balaban J connectivity index is 1.98. The van der Waals surface area contributed by atoms with Gasteiger partial charge < -0.3 is 16.0 Å². The normalized spacial score (nSPS) is 21.4. The summed E-state index contributed by atoms with van der Waals surface area (Å²) in [6.45, 7) is 7.94. The van der Waals surface area contributed by atoms with Crippen molar-refractivity contribution in [1.82, 2.24) is 4.90 Å². The smallest absolute Gasteiger partial charge is 0.248 e. The Morgan fingerprint density at radius 2 is 2.35 bits per heavy atom. The molecule has 4 heteroatoms. The monoisotopic (exact) mass is 275 g/mol. The second-order valence-corrected chi connectivity index (χ2v) is 5.67. The first-order valence-corrected chi connectivity index (χ1v) is 7.49. The van der Waals surface area contributed by atoms with Gasteiger partial charge in [0.2, 0.25) is 5.91 Å². The lowest BCUT2D eigenvalue weighted by molar-refractivity contribution is 0.100. The zero-order valence-electron chi connectivity index (χ0n) is 12.4. The number of anilines is 1. The summed E-state index contributed by atoms with van der Waals surface area (Å²) in [6.07, 6.45) is 2.53. The molecule has 4 nitrogen and oxygen atoms in total. The molecule has 1 aliphatic heterocycles. The van der Waals surface area contributed by atoms with Gasteiger partial charge in [0.05, 0.1) is 0 Å². The van der Waals surface area contributed by atoms with Gasteiger partial charge in [0.15, 0.2) is 0 Å². The molecule has 0 bridgehead atoms. The molecule has 1 saturated heterocycles. The first-order chi connectivity index (χ1) is 9.60. The molecule has 1 aromatic carbocycles. The highest BCUT2D eigenvalue weighted by Crippen LogP contribution is 2.22. The minimum Gasteiger partial charge on any atom is -0.382 e. The molecule has 2 rings (SSSR count). The molecule has 2 atom stereocenters. The van der Waals surface area contributed by atoms with E-state index in [0.29, 0.717) is 17.5 Å². The number of primary amides is 1. The van der Waals surface area contributed by atoms with Gasteiger partial charge >= 0.3 is 0 Å². The fraction of sp³-hybridized carbons (Fsp3) is 0.562. The number of rotatable bonds is 5. The van der Waals surface area contributed by atoms with Crippen LogP contribution in [-0.2, 0) is 0 Å². The Hall–Kier alpha value is -1.55. The highest BCUT2D eigenvalue weighted by atomic mass is 16.1. The summed E-state index contributed by atoms with van der Waals surface area (Å²) in [5, 5.41) is 3.52. The van der Waals surface area contributed by atoms with Crippen LogP contribution in [0.15, 0.2) is 24.3 Å². The Morgan fingerprint density at radius 3 is 3.05 bits per heavy atom. The minimum atomic E-state index is -0.379. The topological polar surface area (TPSA) is 58.4 Å². The van der Waals surface area contributed by atoms with Crippen molar-refractivity contribution in [2.24, 2.45) is 11.7 Å². The van der Waals surface area contributed by atoms with Gasteiger partial charge in [-0.3, -0.25) is 4.79 Å². The van der Waals surface area contributed by atoms with E-state index in [1.54, 1.807) is 6.07 Å². The van der Waals surface area contributed by atoms with Crippen LogP contribution in [0.4, 0.5) is 5.69 Å². The Kier molecular flexibility index (Phi) is 5.01. The predicted molar refractivity (Wildman–Crippen MR) is 82.9 cm³/mol. The number of hydrogen-bond acceptors (Lipinski definition) is 3. The number of nitrogens with two attached hydrogens (primary N) is 1. The Morgan fingerprint density at radius 1 is 1.55 bits per heavy atom. The first kappa shape index (κ1) is 14.9. The minimum absolute atomic E-state index is 0.379. The number of piperidine rings is 1. The maximum absolute atomic E-state index is 11.2. The van der Waals surface area contributed by atoms with Crippen LogP contribution < -0.4 is 11.1 Å². The lowest BCUT2D eigenvalue weighted by Crippen LogP contribution is -2.41. The molecule has 0 saturated carbocycles. The highest BCUT2D eigenvalue weighted by Gasteiger charge is 2.23. The quantitative estimate of drug-likeness (QED) is 0.867. The van der Waals surface area contributed by atoms with Gasteiger partial charge in [-0.2, -0.15) is 0 Å².